The van der Waals surface area contributed by atoms with Gasteiger partial charge in [0.15, 0.2) is 6.29 Å². The molecule has 0 amide bonds. The maximum Gasteiger partial charge on any atom is 0.153 e. The Morgan fingerprint density at radius 2 is 2.23 bits per heavy atom. The average molecular weight is 304 g/mol. The smallest absolute Gasteiger partial charge is 0.153 e. The molecular weight excluding hydrogens is 299 g/mol. The quantitative estimate of drug-likeness (QED) is 0.649. The van der Waals surface area contributed by atoms with E-state index in [1.165, 1.54) is 0 Å². The lowest BCUT2D eigenvalue weighted by atomic mass is 10.1. The topological polar surface area (TPSA) is 37.3 Å². The number of hydrogen-bond donors (Lipinski definition) is 1. The third-order valence-corrected chi connectivity index (χ3v) is 4.06. The summed E-state index contributed by atoms with van der Waals surface area (Å²) in [5.41, 5.74) is 0.351. The highest BCUT2D eigenvalue weighted by molar-refractivity contribution is 14.1. The fourth-order valence-corrected chi connectivity index (χ4v) is 2.99. The minimum absolute atomic E-state index is 0.0563. The van der Waals surface area contributed by atoms with Gasteiger partial charge < -0.3 is 5.11 Å². The van der Waals surface area contributed by atoms with E-state index in [4.69, 9.17) is 0 Å². The summed E-state index contributed by atoms with van der Waals surface area (Å²) in [4.78, 5) is 10.5. The first kappa shape index (κ1) is 8.96. The number of aromatic hydroxyl groups is 1. The Morgan fingerprint density at radius 3 is 2.92 bits per heavy atom. The van der Waals surface area contributed by atoms with Crippen LogP contribution in [0.15, 0.2) is 17.5 Å². The highest BCUT2D eigenvalue weighted by Crippen LogP contribution is 2.31. The van der Waals surface area contributed by atoms with Gasteiger partial charge in [0.25, 0.3) is 0 Å². The molecule has 2 rings (SSSR count). The van der Waals surface area contributed by atoms with Crippen molar-refractivity contribution in [1.29, 1.82) is 0 Å². The summed E-state index contributed by atoms with van der Waals surface area (Å²) in [6, 6.07) is 3.35. The fourth-order valence-electron chi connectivity index (χ4n) is 1.14. The van der Waals surface area contributed by atoms with Gasteiger partial charge >= 0.3 is 0 Å². The second-order valence-corrected chi connectivity index (χ2v) is 4.68. The van der Waals surface area contributed by atoms with Gasteiger partial charge in [0.05, 0.1) is 5.56 Å². The first-order valence-corrected chi connectivity index (χ1v) is 5.53. The third kappa shape index (κ3) is 1.44. The molecule has 13 heavy (non-hydrogen) atoms. The van der Waals surface area contributed by atoms with E-state index in [0.29, 0.717) is 11.8 Å². The van der Waals surface area contributed by atoms with E-state index in [-0.39, 0.29) is 5.75 Å². The Hall–Kier alpha value is -0.620. The summed E-state index contributed by atoms with van der Waals surface area (Å²) >= 11 is 3.77. The van der Waals surface area contributed by atoms with Crippen LogP contribution in [0.5, 0.6) is 5.75 Å². The summed E-state index contributed by atoms with van der Waals surface area (Å²) in [6.45, 7) is 0. The summed E-state index contributed by atoms with van der Waals surface area (Å²) in [5, 5.41) is 12.4. The van der Waals surface area contributed by atoms with Crippen LogP contribution < -0.4 is 0 Å². The second-order valence-electron chi connectivity index (χ2n) is 2.61. The van der Waals surface area contributed by atoms with Crippen molar-refractivity contribution in [3.05, 3.63) is 26.6 Å². The van der Waals surface area contributed by atoms with Crippen molar-refractivity contribution >= 4 is 50.3 Å². The Bertz CT molecular complexity index is 476. The van der Waals surface area contributed by atoms with Crippen molar-refractivity contribution in [1.82, 2.24) is 0 Å². The number of phenolic OH excluding ortho intramolecular Hbond substituents is 1. The molecule has 0 unspecified atom stereocenters. The molecule has 0 fully saturated rings. The van der Waals surface area contributed by atoms with Crippen LogP contribution >= 0.6 is 33.9 Å². The van der Waals surface area contributed by atoms with Crippen LogP contribution in [0.4, 0.5) is 0 Å². The number of benzene rings is 1. The molecule has 4 heteroatoms. The monoisotopic (exact) mass is 304 g/mol. The highest BCUT2D eigenvalue weighted by atomic mass is 127. The van der Waals surface area contributed by atoms with E-state index in [0.717, 1.165) is 13.7 Å². The number of carbonyl (C=O) groups excluding carboxylic acids is 1. The van der Waals surface area contributed by atoms with E-state index in [9.17, 15) is 9.90 Å². The van der Waals surface area contributed by atoms with E-state index < -0.39 is 0 Å². The van der Waals surface area contributed by atoms with Crippen molar-refractivity contribution in [3.63, 3.8) is 0 Å². The first-order valence-electron chi connectivity index (χ1n) is 3.57. The van der Waals surface area contributed by atoms with Gasteiger partial charge in [-0.3, -0.25) is 4.79 Å². The molecule has 1 aromatic carbocycles. The van der Waals surface area contributed by atoms with Crippen LogP contribution in [-0.2, 0) is 0 Å². The first-order chi connectivity index (χ1) is 6.22. The summed E-state index contributed by atoms with van der Waals surface area (Å²) in [7, 11) is 0. The third-order valence-electron chi connectivity index (χ3n) is 1.80. The van der Waals surface area contributed by atoms with Crippen LogP contribution in [0, 0.1) is 3.57 Å². The lowest BCUT2D eigenvalue weighted by Crippen LogP contribution is -1.80. The fraction of sp³-hybridized carbons (Fsp3) is 0. The molecule has 1 N–H and O–H groups in total. The number of rotatable bonds is 1. The van der Waals surface area contributed by atoms with Gasteiger partial charge in [0.2, 0.25) is 0 Å². The van der Waals surface area contributed by atoms with Crippen LogP contribution in [0.25, 0.3) is 10.1 Å². The Morgan fingerprint density at radius 1 is 1.46 bits per heavy atom. The van der Waals surface area contributed by atoms with Gasteiger partial charge in [0.1, 0.15) is 5.75 Å². The summed E-state index contributed by atoms with van der Waals surface area (Å²) in [5.74, 6) is 0.0563. The van der Waals surface area contributed by atoms with Crippen LogP contribution in [0.3, 0.4) is 0 Å². The maximum absolute atomic E-state index is 10.5. The normalized spacial score (nSPS) is 10.5. The predicted octanol–water partition coefficient (Wildman–Crippen LogP) is 3.02. The predicted molar refractivity (Wildman–Crippen MR) is 61.6 cm³/mol. The molecule has 0 aliphatic heterocycles. The van der Waals surface area contributed by atoms with Crippen LogP contribution in [0.2, 0.25) is 0 Å². The van der Waals surface area contributed by atoms with E-state index >= 15 is 0 Å². The number of fused-ring (bicyclic) bond motifs is 1. The molecule has 0 aliphatic carbocycles. The zero-order valence-corrected chi connectivity index (χ0v) is 9.43. The lowest BCUT2D eigenvalue weighted by molar-refractivity contribution is 0.112. The van der Waals surface area contributed by atoms with Crippen molar-refractivity contribution in [2.45, 2.75) is 0 Å². The lowest BCUT2D eigenvalue weighted by Gasteiger charge is -1.97. The van der Waals surface area contributed by atoms with Gasteiger partial charge in [-0.05, 0) is 34.7 Å². The average Bonchev–Trinajstić information content (AvgIpc) is 2.46. The molecular formula is C9H5IO2S. The minimum atomic E-state index is 0.0563. The van der Waals surface area contributed by atoms with Crippen LogP contribution in [0.1, 0.15) is 10.4 Å². The molecule has 0 bridgehead atoms. The number of aldehydes is 1. The molecule has 2 nitrogen and oxygen atoms in total. The standard InChI is InChI=1S/C9H5IO2S/c10-7-4-13-9-2-8(12)5(3-11)1-6(7)9/h1-4,12H. The van der Waals surface area contributed by atoms with Crippen molar-refractivity contribution in [3.8, 4) is 5.75 Å². The maximum atomic E-state index is 10.5. The van der Waals surface area contributed by atoms with Gasteiger partial charge in [-0.15, -0.1) is 11.3 Å². The number of thiophene rings is 1. The SMILES string of the molecule is O=Cc1cc2c(I)csc2cc1O. The molecule has 0 radical (unpaired) electrons. The number of hydrogen-bond acceptors (Lipinski definition) is 3. The van der Waals surface area contributed by atoms with Gasteiger partial charge in [-0.2, -0.15) is 0 Å². The summed E-state index contributed by atoms with van der Waals surface area (Å²) in [6.07, 6.45) is 0.669. The molecule has 0 atom stereocenters. The molecule has 66 valence electrons. The van der Waals surface area contributed by atoms with Crippen molar-refractivity contribution in [2.24, 2.45) is 0 Å². The number of carbonyl (C=O) groups is 1. The van der Waals surface area contributed by atoms with E-state index in [1.54, 1.807) is 23.5 Å². The van der Waals surface area contributed by atoms with Crippen LogP contribution in [-0.4, -0.2) is 11.4 Å². The number of phenols is 1. The van der Waals surface area contributed by atoms with Crippen molar-refractivity contribution in [2.75, 3.05) is 0 Å². The summed E-state index contributed by atoms with van der Waals surface area (Å²) < 4.78 is 2.12. The molecule has 0 saturated heterocycles. The van der Waals surface area contributed by atoms with E-state index in [1.807, 2.05) is 5.38 Å². The molecule has 1 heterocycles. The largest absolute Gasteiger partial charge is 0.507 e. The van der Waals surface area contributed by atoms with Gasteiger partial charge in [-0.1, -0.05) is 0 Å². The van der Waals surface area contributed by atoms with Gasteiger partial charge in [0, 0.05) is 19.0 Å². The minimum Gasteiger partial charge on any atom is -0.507 e. The molecule has 0 saturated carbocycles. The molecule has 0 aliphatic rings. The molecule has 0 spiro atoms. The zero-order valence-electron chi connectivity index (χ0n) is 6.45. The Kier molecular flexibility index (Phi) is 2.25. The second kappa shape index (κ2) is 3.26. The Balaban J connectivity index is 2.84. The molecule has 1 aromatic heterocycles. The molecule has 2 aromatic rings. The zero-order chi connectivity index (χ0) is 9.42. The van der Waals surface area contributed by atoms with E-state index in [2.05, 4.69) is 22.6 Å². The van der Waals surface area contributed by atoms with Crippen molar-refractivity contribution < 1.29 is 9.90 Å². The number of halogens is 1. The van der Waals surface area contributed by atoms with Gasteiger partial charge in [-0.25, -0.2) is 0 Å². The highest BCUT2D eigenvalue weighted by Gasteiger charge is 2.06. The Labute approximate surface area is 92.3 Å².